The Bertz CT molecular complexity index is 691. The summed E-state index contributed by atoms with van der Waals surface area (Å²) in [6.45, 7) is 0. The lowest BCUT2D eigenvalue weighted by molar-refractivity contribution is 0.104. The van der Waals surface area contributed by atoms with Crippen molar-refractivity contribution in [1.29, 1.82) is 0 Å². The normalized spacial score (nSPS) is 10.8. The van der Waals surface area contributed by atoms with Crippen LogP contribution in [0.3, 0.4) is 0 Å². The fraction of sp³-hybridized carbons (Fsp3) is 0.0625. The number of hydrogen-bond acceptors (Lipinski definition) is 3. The number of allylic oxidation sites excluding steroid dienone is 1. The number of rotatable bonds is 4. The van der Waals surface area contributed by atoms with Gasteiger partial charge in [-0.25, -0.2) is 0 Å². The van der Waals surface area contributed by atoms with Gasteiger partial charge >= 0.3 is 0 Å². The maximum atomic E-state index is 12.0. The standard InChI is InChI=1S/C16H12Br2O3/c1-21-15-9-10(8-13(18)16(15)20)2-7-14(19)11-3-5-12(17)6-4-11/h2-9,20H,1H3/b7-2+. The Morgan fingerprint density at radius 3 is 2.48 bits per heavy atom. The van der Waals surface area contributed by atoms with Crippen LogP contribution in [-0.2, 0) is 0 Å². The molecule has 0 aliphatic rings. The number of carbonyl (C=O) groups excluding carboxylic acids is 1. The number of halogens is 2. The van der Waals surface area contributed by atoms with Crippen LogP contribution in [0.5, 0.6) is 11.5 Å². The first kappa shape index (κ1) is 15.8. The zero-order valence-electron chi connectivity index (χ0n) is 11.1. The van der Waals surface area contributed by atoms with Crippen molar-refractivity contribution in [2.24, 2.45) is 0 Å². The van der Waals surface area contributed by atoms with Crippen LogP contribution in [0.2, 0.25) is 0 Å². The summed E-state index contributed by atoms with van der Waals surface area (Å²) >= 11 is 6.57. The first-order valence-electron chi connectivity index (χ1n) is 6.05. The Labute approximate surface area is 139 Å². The summed E-state index contributed by atoms with van der Waals surface area (Å²) in [6, 6.07) is 10.5. The third-order valence-electron chi connectivity index (χ3n) is 2.83. The van der Waals surface area contributed by atoms with Crippen molar-refractivity contribution in [2.75, 3.05) is 7.11 Å². The molecule has 0 heterocycles. The van der Waals surface area contributed by atoms with E-state index in [1.165, 1.54) is 13.2 Å². The maximum Gasteiger partial charge on any atom is 0.185 e. The molecule has 0 atom stereocenters. The second-order valence-electron chi connectivity index (χ2n) is 4.26. The number of hydrogen-bond donors (Lipinski definition) is 1. The van der Waals surface area contributed by atoms with E-state index in [0.717, 1.165) is 10.0 Å². The van der Waals surface area contributed by atoms with E-state index in [1.807, 2.05) is 12.1 Å². The van der Waals surface area contributed by atoms with Crippen molar-refractivity contribution >= 4 is 43.7 Å². The Morgan fingerprint density at radius 2 is 1.86 bits per heavy atom. The molecule has 0 aromatic heterocycles. The van der Waals surface area contributed by atoms with Crippen molar-refractivity contribution in [3.63, 3.8) is 0 Å². The maximum absolute atomic E-state index is 12.0. The molecule has 0 saturated heterocycles. The summed E-state index contributed by atoms with van der Waals surface area (Å²) in [5, 5.41) is 9.74. The number of benzene rings is 2. The highest BCUT2D eigenvalue weighted by atomic mass is 79.9. The van der Waals surface area contributed by atoms with E-state index in [9.17, 15) is 9.90 Å². The van der Waals surface area contributed by atoms with Crippen LogP contribution in [0.4, 0.5) is 0 Å². The molecule has 0 bridgehead atoms. The lowest BCUT2D eigenvalue weighted by atomic mass is 10.1. The minimum absolute atomic E-state index is 0.0360. The average molecular weight is 412 g/mol. The molecule has 5 heteroatoms. The monoisotopic (exact) mass is 410 g/mol. The van der Waals surface area contributed by atoms with Gasteiger partial charge in [0.25, 0.3) is 0 Å². The van der Waals surface area contributed by atoms with Crippen molar-refractivity contribution in [3.05, 3.63) is 62.5 Å². The molecule has 0 aliphatic carbocycles. The molecule has 108 valence electrons. The number of phenols is 1. The Hall–Kier alpha value is -1.59. The lowest BCUT2D eigenvalue weighted by Crippen LogP contribution is -1.93. The van der Waals surface area contributed by atoms with Gasteiger partial charge in [-0.15, -0.1) is 0 Å². The lowest BCUT2D eigenvalue weighted by Gasteiger charge is -2.06. The zero-order valence-corrected chi connectivity index (χ0v) is 14.3. The van der Waals surface area contributed by atoms with E-state index in [-0.39, 0.29) is 11.5 Å². The van der Waals surface area contributed by atoms with Crippen LogP contribution in [0, 0.1) is 0 Å². The predicted octanol–water partition coefficient (Wildman–Crippen LogP) is 4.82. The summed E-state index contributed by atoms with van der Waals surface area (Å²) in [5.41, 5.74) is 1.36. The highest BCUT2D eigenvalue weighted by molar-refractivity contribution is 9.10. The highest BCUT2D eigenvalue weighted by Gasteiger charge is 2.07. The van der Waals surface area contributed by atoms with E-state index >= 15 is 0 Å². The highest BCUT2D eigenvalue weighted by Crippen LogP contribution is 2.35. The Morgan fingerprint density at radius 1 is 1.19 bits per heavy atom. The Kier molecular flexibility index (Phi) is 5.20. The topological polar surface area (TPSA) is 46.5 Å². The number of methoxy groups -OCH3 is 1. The Balaban J connectivity index is 2.23. The van der Waals surface area contributed by atoms with Crippen molar-refractivity contribution in [1.82, 2.24) is 0 Å². The van der Waals surface area contributed by atoms with E-state index < -0.39 is 0 Å². The number of ether oxygens (including phenoxy) is 1. The molecule has 3 nitrogen and oxygen atoms in total. The van der Waals surface area contributed by atoms with Gasteiger partial charge in [-0.2, -0.15) is 0 Å². The van der Waals surface area contributed by atoms with E-state index in [4.69, 9.17) is 4.74 Å². The van der Waals surface area contributed by atoms with Gasteiger partial charge in [-0.1, -0.05) is 22.0 Å². The predicted molar refractivity (Wildman–Crippen MR) is 89.9 cm³/mol. The zero-order chi connectivity index (χ0) is 15.4. The van der Waals surface area contributed by atoms with Gasteiger partial charge in [0.05, 0.1) is 11.6 Å². The van der Waals surface area contributed by atoms with Crippen LogP contribution >= 0.6 is 31.9 Å². The summed E-state index contributed by atoms with van der Waals surface area (Å²) in [7, 11) is 1.47. The molecule has 0 unspecified atom stereocenters. The average Bonchev–Trinajstić information content (AvgIpc) is 2.48. The largest absolute Gasteiger partial charge is 0.503 e. The third kappa shape index (κ3) is 3.95. The molecule has 0 aliphatic heterocycles. The summed E-state index contributed by atoms with van der Waals surface area (Å²) in [6.07, 6.45) is 3.17. The molecule has 2 aromatic rings. The minimum atomic E-state index is -0.0920. The first-order chi connectivity index (χ1) is 10.0. The van der Waals surface area contributed by atoms with E-state index in [2.05, 4.69) is 31.9 Å². The van der Waals surface area contributed by atoms with Gasteiger partial charge in [0.1, 0.15) is 0 Å². The minimum Gasteiger partial charge on any atom is -0.503 e. The molecule has 0 amide bonds. The van der Waals surface area contributed by atoms with Crippen LogP contribution < -0.4 is 4.74 Å². The number of phenolic OH excluding ortho intramolecular Hbond substituents is 1. The summed E-state index contributed by atoms with van der Waals surface area (Å²) in [4.78, 5) is 12.0. The molecule has 2 rings (SSSR count). The third-order valence-corrected chi connectivity index (χ3v) is 3.96. The van der Waals surface area contributed by atoms with Crippen LogP contribution in [0.1, 0.15) is 15.9 Å². The van der Waals surface area contributed by atoms with Gasteiger partial charge in [0, 0.05) is 10.0 Å². The summed E-state index contributed by atoms with van der Waals surface area (Å²) < 4.78 is 6.50. The van der Waals surface area contributed by atoms with Crippen molar-refractivity contribution in [3.8, 4) is 11.5 Å². The van der Waals surface area contributed by atoms with Crippen LogP contribution in [0.15, 0.2) is 51.4 Å². The molecular weight excluding hydrogens is 400 g/mol. The summed E-state index contributed by atoms with van der Waals surface area (Å²) in [5.74, 6) is 0.291. The van der Waals surface area contributed by atoms with Gasteiger partial charge in [0.15, 0.2) is 17.3 Å². The van der Waals surface area contributed by atoms with Gasteiger partial charge in [-0.3, -0.25) is 4.79 Å². The molecule has 2 aromatic carbocycles. The van der Waals surface area contributed by atoms with Gasteiger partial charge in [0.2, 0.25) is 0 Å². The number of aromatic hydroxyl groups is 1. The van der Waals surface area contributed by atoms with E-state index in [0.29, 0.717) is 15.8 Å². The quantitative estimate of drug-likeness (QED) is 0.579. The first-order valence-corrected chi connectivity index (χ1v) is 7.64. The molecule has 0 radical (unpaired) electrons. The van der Waals surface area contributed by atoms with Crippen LogP contribution in [-0.4, -0.2) is 18.0 Å². The SMILES string of the molecule is COc1cc(/C=C/C(=O)c2ccc(Br)cc2)cc(Br)c1O. The van der Waals surface area contributed by atoms with Gasteiger partial charge < -0.3 is 9.84 Å². The van der Waals surface area contributed by atoms with Crippen molar-refractivity contribution in [2.45, 2.75) is 0 Å². The molecule has 0 saturated carbocycles. The number of ketones is 1. The molecule has 1 N–H and O–H groups in total. The van der Waals surface area contributed by atoms with Crippen molar-refractivity contribution < 1.29 is 14.6 Å². The second kappa shape index (κ2) is 6.91. The van der Waals surface area contributed by atoms with Crippen LogP contribution in [0.25, 0.3) is 6.08 Å². The van der Waals surface area contributed by atoms with E-state index in [1.54, 1.807) is 30.3 Å². The molecular formula is C16H12Br2O3. The molecule has 0 spiro atoms. The smallest absolute Gasteiger partial charge is 0.185 e. The number of carbonyl (C=O) groups is 1. The fourth-order valence-electron chi connectivity index (χ4n) is 1.73. The van der Waals surface area contributed by atoms with Gasteiger partial charge in [-0.05, 0) is 64.0 Å². The fourth-order valence-corrected chi connectivity index (χ4v) is 2.45. The molecule has 21 heavy (non-hydrogen) atoms. The second-order valence-corrected chi connectivity index (χ2v) is 6.03. The molecule has 0 fully saturated rings.